The van der Waals surface area contributed by atoms with Crippen molar-refractivity contribution < 1.29 is 58.2 Å². The molecular weight excluding hydrogens is 1290 g/mol. The van der Waals surface area contributed by atoms with Gasteiger partial charge in [-0.1, -0.05) is 72.8 Å². The van der Waals surface area contributed by atoms with Crippen LogP contribution in [-0.2, 0) is 80.0 Å². The van der Waals surface area contributed by atoms with Gasteiger partial charge in [0.05, 0.1) is 6.33 Å². The van der Waals surface area contributed by atoms with Crippen LogP contribution in [0.25, 0.3) is 10.9 Å². The predicted molar refractivity (Wildman–Crippen MR) is 366 cm³/mol. The number of carbonyl (C=O) groups excluding carboxylic acids is 10. The van der Waals surface area contributed by atoms with E-state index in [9.17, 15) is 53.4 Å². The van der Waals surface area contributed by atoms with Gasteiger partial charge in [-0.25, -0.2) is 4.98 Å². The number of aromatic nitrogens is 3. The summed E-state index contributed by atoms with van der Waals surface area (Å²) in [5.41, 5.74) is 19.8. The summed E-state index contributed by atoms with van der Waals surface area (Å²) in [6.45, 7) is 1.37. The summed E-state index contributed by atoms with van der Waals surface area (Å²) in [5, 5.41) is 65.3. The number of para-hydroxylation sites is 1. The van der Waals surface area contributed by atoms with E-state index in [1.54, 1.807) is 54.7 Å². The number of aromatic hydroxyl groups is 2. The third-order valence-electron chi connectivity index (χ3n) is 15.2. The SMILES string of the molecule is CC(=O)N[C@@H](Cc1ccc(O)cc1)C(=O)N[C@@H](CCCNC(=N)N)C(=O)N[C@@H](CS)C(=O)N[C@@H](Cc1ccc(O)cc1)C(=O)N[C@@H](Cc1cnc[nH]1)C(=O)N[C@H](Cc1ccccc1)C(=O)N[C@@H](CCCNC(=N)N)C(=O)N[C@@H](Cc1c[nH]c2ccccc12)C(=O)N[C@@H](CS)C(N)=O. The van der Waals surface area contributed by atoms with Crippen LogP contribution < -0.4 is 75.7 Å². The van der Waals surface area contributed by atoms with Gasteiger partial charge in [-0.15, -0.1) is 0 Å². The summed E-state index contributed by atoms with van der Waals surface area (Å²) >= 11 is 8.54. The Labute approximate surface area is 569 Å². The van der Waals surface area contributed by atoms with Crippen molar-refractivity contribution in [2.45, 2.75) is 119 Å². The highest BCUT2D eigenvalue weighted by Gasteiger charge is 2.36. The highest BCUT2D eigenvalue weighted by Crippen LogP contribution is 2.21. The van der Waals surface area contributed by atoms with Crippen LogP contribution in [-0.4, -0.2) is 175 Å². The first-order valence-electron chi connectivity index (χ1n) is 30.9. The minimum absolute atomic E-state index is 0.0327. The summed E-state index contributed by atoms with van der Waals surface area (Å²) in [6, 6.07) is 14.6. The number of fused-ring (bicyclic) bond motifs is 1. The molecule has 6 aromatic rings. The molecule has 10 amide bonds. The van der Waals surface area contributed by atoms with Crippen molar-refractivity contribution in [1.29, 1.82) is 10.8 Å². The molecular formula is C64H83N19O12S2. The Kier molecular flexibility index (Phi) is 29.4. The van der Waals surface area contributed by atoms with Gasteiger partial charge in [0.1, 0.15) is 65.9 Å². The highest BCUT2D eigenvalue weighted by atomic mass is 32.1. The maximum Gasteiger partial charge on any atom is 0.244 e. The number of phenolic OH excluding ortho intramolecular Hbond substituents is 2. The number of nitrogens with zero attached hydrogens (tertiary/aromatic N) is 1. The summed E-state index contributed by atoms with van der Waals surface area (Å²) in [7, 11) is 0. The Hall–Kier alpha value is -10.8. The van der Waals surface area contributed by atoms with Crippen LogP contribution in [0.15, 0.2) is 122 Å². The molecule has 0 radical (unpaired) electrons. The number of hydrogen-bond acceptors (Lipinski definition) is 17. The lowest BCUT2D eigenvalue weighted by Crippen LogP contribution is -2.61. The first-order chi connectivity index (χ1) is 46.4. The first-order valence-corrected chi connectivity index (χ1v) is 32.1. The largest absolute Gasteiger partial charge is 0.508 e. The van der Waals surface area contributed by atoms with Gasteiger partial charge >= 0.3 is 0 Å². The van der Waals surface area contributed by atoms with E-state index in [-0.39, 0.29) is 106 Å². The van der Waals surface area contributed by atoms with E-state index in [1.807, 2.05) is 18.2 Å². The monoisotopic (exact) mass is 1370 g/mol. The summed E-state index contributed by atoms with van der Waals surface area (Å²) in [6.07, 6.45) is 3.60. The Balaban J connectivity index is 1.27. The number of H-pyrrole nitrogens is 2. The van der Waals surface area contributed by atoms with Crippen molar-refractivity contribution in [1.82, 2.24) is 73.4 Å². The van der Waals surface area contributed by atoms with Crippen molar-refractivity contribution in [2.75, 3.05) is 24.6 Å². The zero-order valence-electron chi connectivity index (χ0n) is 53.0. The number of amides is 10. The normalized spacial score (nSPS) is 13.8. The Morgan fingerprint density at radius 1 is 0.464 bits per heavy atom. The van der Waals surface area contributed by atoms with Crippen molar-refractivity contribution in [3.8, 4) is 11.5 Å². The smallest absolute Gasteiger partial charge is 0.244 e. The van der Waals surface area contributed by atoms with Crippen LogP contribution in [0.2, 0.25) is 0 Å². The molecule has 23 N–H and O–H groups in total. The van der Waals surface area contributed by atoms with Gasteiger partial charge in [0, 0.05) is 92.6 Å². The molecule has 9 atom stereocenters. The number of hydrogen-bond donors (Lipinski definition) is 22. The molecule has 518 valence electrons. The number of thiol groups is 2. The minimum Gasteiger partial charge on any atom is -0.508 e. The molecule has 0 fully saturated rings. The van der Waals surface area contributed by atoms with Gasteiger partial charge in [-0.05, 0) is 78.3 Å². The molecule has 4 aromatic carbocycles. The number of nitrogens with two attached hydrogens (primary N) is 3. The van der Waals surface area contributed by atoms with E-state index in [1.165, 1.54) is 55.8 Å². The fourth-order valence-corrected chi connectivity index (χ4v) is 10.7. The van der Waals surface area contributed by atoms with Gasteiger partial charge in [0.15, 0.2) is 11.9 Å². The fourth-order valence-electron chi connectivity index (χ4n) is 10.2. The molecule has 6 rings (SSSR count). The maximum absolute atomic E-state index is 15.0. The van der Waals surface area contributed by atoms with E-state index in [0.29, 0.717) is 27.9 Å². The molecule has 2 heterocycles. The minimum atomic E-state index is -1.56. The van der Waals surface area contributed by atoms with Gasteiger partial charge in [-0.2, -0.15) is 25.3 Å². The number of primary amides is 1. The Morgan fingerprint density at radius 3 is 1.28 bits per heavy atom. The van der Waals surface area contributed by atoms with Crippen molar-refractivity contribution in [3.05, 3.63) is 150 Å². The van der Waals surface area contributed by atoms with Crippen LogP contribution in [0.5, 0.6) is 11.5 Å². The average Bonchev–Trinajstić information content (AvgIpc) is 1.79. The van der Waals surface area contributed by atoms with Crippen molar-refractivity contribution in [3.63, 3.8) is 0 Å². The van der Waals surface area contributed by atoms with Gasteiger partial charge in [-0.3, -0.25) is 58.8 Å². The van der Waals surface area contributed by atoms with E-state index < -0.39 is 113 Å². The molecule has 2 aromatic heterocycles. The summed E-state index contributed by atoms with van der Waals surface area (Å²) < 4.78 is 0. The number of nitrogens with one attached hydrogen (secondary N) is 15. The van der Waals surface area contributed by atoms with E-state index in [4.69, 9.17) is 28.0 Å². The Bertz CT molecular complexity index is 3680. The zero-order chi connectivity index (χ0) is 70.6. The number of guanidine groups is 2. The van der Waals surface area contributed by atoms with E-state index in [0.717, 1.165) is 10.9 Å². The molecule has 0 aliphatic rings. The second-order valence-corrected chi connectivity index (χ2v) is 23.5. The lowest BCUT2D eigenvalue weighted by molar-refractivity contribution is -0.135. The molecule has 0 unspecified atom stereocenters. The number of benzene rings is 4. The third-order valence-corrected chi connectivity index (χ3v) is 16.0. The molecule has 0 spiro atoms. The van der Waals surface area contributed by atoms with Crippen LogP contribution in [0.3, 0.4) is 0 Å². The topological polar surface area (TPSA) is 514 Å². The van der Waals surface area contributed by atoms with Gasteiger partial charge in [0.2, 0.25) is 59.1 Å². The molecule has 0 aliphatic carbocycles. The van der Waals surface area contributed by atoms with Gasteiger partial charge < -0.3 is 95.9 Å². The van der Waals surface area contributed by atoms with Crippen LogP contribution >= 0.6 is 25.3 Å². The third kappa shape index (κ3) is 24.8. The maximum atomic E-state index is 15.0. The second-order valence-electron chi connectivity index (χ2n) is 22.8. The second kappa shape index (κ2) is 37.9. The van der Waals surface area contributed by atoms with E-state index in [2.05, 4.69) is 98.7 Å². The molecule has 0 saturated carbocycles. The molecule has 0 bridgehead atoms. The molecule has 33 heteroatoms. The number of imidazole rings is 1. The number of aromatic amines is 2. The molecule has 0 aliphatic heterocycles. The zero-order valence-corrected chi connectivity index (χ0v) is 54.8. The van der Waals surface area contributed by atoms with Crippen LogP contribution in [0, 0.1) is 10.8 Å². The fraction of sp³-hybridized carbons (Fsp3) is 0.359. The molecule has 31 nitrogen and oxygen atoms in total. The lowest BCUT2D eigenvalue weighted by Gasteiger charge is -2.28. The number of phenols is 2. The summed E-state index contributed by atoms with van der Waals surface area (Å²) in [5.74, 6) is -9.86. The Morgan fingerprint density at radius 2 is 0.845 bits per heavy atom. The number of carbonyl (C=O) groups is 10. The van der Waals surface area contributed by atoms with Crippen LogP contribution in [0.1, 0.15) is 60.6 Å². The highest BCUT2D eigenvalue weighted by molar-refractivity contribution is 7.80. The number of rotatable bonds is 38. The average molecular weight is 1370 g/mol. The molecule has 97 heavy (non-hydrogen) atoms. The van der Waals surface area contributed by atoms with Crippen molar-refractivity contribution in [2.24, 2.45) is 17.2 Å². The quantitative estimate of drug-likeness (QED) is 0.00869. The summed E-state index contributed by atoms with van der Waals surface area (Å²) in [4.78, 5) is 151. The molecule has 0 saturated heterocycles. The van der Waals surface area contributed by atoms with Crippen molar-refractivity contribution >= 4 is 107 Å². The van der Waals surface area contributed by atoms with Gasteiger partial charge in [0.25, 0.3) is 0 Å². The predicted octanol–water partition coefficient (Wildman–Crippen LogP) is -1.93. The van der Waals surface area contributed by atoms with Crippen LogP contribution in [0.4, 0.5) is 0 Å². The standard InChI is InChI=1S/C64H83N19O12S2/c1-35(84)75-47(26-37-15-19-41(85)20-16-37)57(90)76-46(14-8-24-72-64(68)69)56(89)83-53(33-97)62(95)79-49(27-38-17-21-42(86)22-18-38)59(92)81-51(29-40-31-70-34-74-40)61(94)78-48(25-36-9-3-2-4-10-36)58(91)77-45(13-7-23-71-63(66)67)55(88)80-50(60(93)82-52(32-96)54(65)87)28-39-30-73-44-12-6-5-11-43(39)44/h2-6,9-12,15-22,30-31,34,45-53,73,85-86,96-97H,7-8,13-14,23-29,32-33H2,1H3,(H2,65,87)(H,70,74)(H,75,84)(H,76,90)(H,77,91)(H,78,94)(H,79,95)(H,80,88)(H,81,92)(H,82,93)(H,83,89)(H4,66,67,71)(H4,68,69,72)/t45-,46-,47-,48+,49-,50-,51-,52-,53-/m0/s1. The lowest BCUT2D eigenvalue weighted by atomic mass is 10.0. The van der Waals surface area contributed by atoms with E-state index >= 15 is 4.79 Å². The first kappa shape index (κ1) is 75.2.